The van der Waals surface area contributed by atoms with E-state index in [1.165, 1.54) is 7.11 Å². The lowest BCUT2D eigenvalue weighted by Crippen LogP contribution is -2.32. The van der Waals surface area contributed by atoms with E-state index in [-0.39, 0.29) is 5.69 Å². The fourth-order valence-electron chi connectivity index (χ4n) is 2.36. The van der Waals surface area contributed by atoms with Gasteiger partial charge < -0.3 is 15.0 Å². The van der Waals surface area contributed by atoms with Gasteiger partial charge in [-0.1, -0.05) is 11.6 Å². The maximum absolute atomic E-state index is 11.5. The topological polar surface area (TPSA) is 54.5 Å². The van der Waals surface area contributed by atoms with Gasteiger partial charge >= 0.3 is 5.97 Å². The Morgan fingerprint density at radius 1 is 1.71 bits per heavy atom. The van der Waals surface area contributed by atoms with Crippen LogP contribution < -0.4 is 10.2 Å². The lowest BCUT2D eigenvalue weighted by molar-refractivity contribution is 0.0594. The lowest BCUT2D eigenvalue weighted by Gasteiger charge is -2.28. The van der Waals surface area contributed by atoms with Crippen LogP contribution in [0.1, 0.15) is 16.9 Å². The summed E-state index contributed by atoms with van der Waals surface area (Å²) >= 11 is 6.05. The third kappa shape index (κ3) is 1.61. The Bertz CT molecular complexity index is 492. The number of carbonyl (C=O) groups is 1. The maximum Gasteiger partial charge on any atom is 0.358 e. The van der Waals surface area contributed by atoms with Crippen LogP contribution in [-0.2, 0) is 4.74 Å². The lowest BCUT2D eigenvalue weighted by atomic mass is 10.2. The highest BCUT2D eigenvalue weighted by Gasteiger charge is 2.32. The summed E-state index contributed by atoms with van der Waals surface area (Å²) in [6, 6.07) is 2.20. The highest BCUT2D eigenvalue weighted by molar-refractivity contribution is 6.33. The summed E-state index contributed by atoms with van der Waals surface area (Å²) < 4.78 is 4.65. The molecular weight excluding hydrogens is 242 g/mol. The third-order valence-corrected chi connectivity index (χ3v) is 3.49. The molecule has 3 rings (SSSR count). The zero-order valence-electron chi connectivity index (χ0n) is 9.36. The predicted molar refractivity (Wildman–Crippen MR) is 64.8 cm³/mol. The van der Waals surface area contributed by atoms with Crippen molar-refractivity contribution in [3.8, 4) is 0 Å². The molecule has 0 saturated carbocycles. The summed E-state index contributed by atoms with van der Waals surface area (Å²) in [7, 11) is 1.32. The van der Waals surface area contributed by atoms with E-state index in [4.69, 9.17) is 11.6 Å². The molecule has 2 bridgehead atoms. The number of methoxy groups -OCH3 is 1. The summed E-state index contributed by atoms with van der Waals surface area (Å²) in [6.07, 6.45) is 1.08. The Morgan fingerprint density at radius 2 is 2.53 bits per heavy atom. The van der Waals surface area contributed by atoms with Gasteiger partial charge in [0, 0.05) is 19.1 Å². The normalized spacial score (nSPS) is 20.8. The average molecular weight is 254 g/mol. The molecule has 0 spiro atoms. The monoisotopic (exact) mass is 253 g/mol. The van der Waals surface area contributed by atoms with Crippen molar-refractivity contribution in [1.29, 1.82) is 0 Å². The molecule has 0 unspecified atom stereocenters. The van der Waals surface area contributed by atoms with Crippen LogP contribution in [0.3, 0.4) is 0 Å². The maximum atomic E-state index is 11.5. The quantitative estimate of drug-likeness (QED) is 0.770. The molecule has 0 amide bonds. The standard InChI is InChI=1S/C11H12ClN3O2/c1-17-11(16)9-7(12)4-8-10(14-9)13-6-2-3-15(8)5-6/h4,6H,2-3,5H2,1H3,(H,13,14)/t6-/m0/s1. The van der Waals surface area contributed by atoms with Crippen molar-refractivity contribution in [2.45, 2.75) is 12.5 Å². The van der Waals surface area contributed by atoms with Crippen molar-refractivity contribution in [2.75, 3.05) is 30.4 Å². The molecule has 0 aromatic carbocycles. The van der Waals surface area contributed by atoms with E-state index >= 15 is 0 Å². The number of nitrogens with one attached hydrogen (secondary N) is 1. The number of halogens is 1. The highest BCUT2D eigenvalue weighted by atomic mass is 35.5. The first-order chi connectivity index (χ1) is 8.19. The minimum absolute atomic E-state index is 0.169. The van der Waals surface area contributed by atoms with Gasteiger partial charge in [0.15, 0.2) is 11.5 Å². The summed E-state index contributed by atoms with van der Waals surface area (Å²) in [5.41, 5.74) is 1.14. The van der Waals surface area contributed by atoms with E-state index in [0.29, 0.717) is 11.1 Å². The Morgan fingerprint density at radius 3 is 3.29 bits per heavy atom. The van der Waals surface area contributed by atoms with Crippen molar-refractivity contribution >= 4 is 29.1 Å². The Balaban J connectivity index is 2.07. The molecule has 0 aliphatic carbocycles. The molecule has 1 aromatic heterocycles. The fourth-order valence-corrected chi connectivity index (χ4v) is 2.58. The molecule has 6 heteroatoms. The van der Waals surface area contributed by atoms with Crippen LogP contribution in [0.15, 0.2) is 6.07 Å². The van der Waals surface area contributed by atoms with E-state index in [9.17, 15) is 4.79 Å². The van der Waals surface area contributed by atoms with Gasteiger partial charge in [0.05, 0.1) is 17.8 Å². The number of rotatable bonds is 1. The molecule has 1 saturated heterocycles. The Hall–Kier alpha value is -1.49. The molecular formula is C11H12ClN3O2. The predicted octanol–water partition coefficient (Wildman–Crippen LogP) is 1.53. The second kappa shape index (κ2) is 3.77. The van der Waals surface area contributed by atoms with Gasteiger partial charge in [-0.05, 0) is 12.5 Å². The number of anilines is 2. The molecule has 1 aromatic rings. The molecule has 5 nitrogen and oxygen atoms in total. The van der Waals surface area contributed by atoms with E-state index in [0.717, 1.165) is 31.0 Å². The molecule has 1 N–H and O–H groups in total. The molecule has 2 aliphatic rings. The van der Waals surface area contributed by atoms with Crippen molar-refractivity contribution in [3.05, 3.63) is 16.8 Å². The number of esters is 1. The van der Waals surface area contributed by atoms with E-state index in [2.05, 4.69) is 19.9 Å². The Labute approximate surface area is 104 Å². The van der Waals surface area contributed by atoms with Crippen LogP contribution >= 0.6 is 11.6 Å². The number of carbonyl (C=O) groups excluding carboxylic acids is 1. The van der Waals surface area contributed by atoms with Crippen molar-refractivity contribution in [3.63, 3.8) is 0 Å². The number of hydrogen-bond donors (Lipinski definition) is 1. The van der Waals surface area contributed by atoms with Gasteiger partial charge in [-0.25, -0.2) is 9.78 Å². The SMILES string of the molecule is COC(=O)c1nc2c(cc1Cl)N1CC[C@@H](C1)N2. The third-order valence-electron chi connectivity index (χ3n) is 3.20. The molecule has 0 radical (unpaired) electrons. The minimum Gasteiger partial charge on any atom is -0.464 e. The zero-order valence-corrected chi connectivity index (χ0v) is 10.1. The molecule has 1 fully saturated rings. The smallest absolute Gasteiger partial charge is 0.358 e. The first kappa shape index (κ1) is 10.7. The number of fused-ring (bicyclic) bond motifs is 4. The molecule has 1 atom stereocenters. The van der Waals surface area contributed by atoms with Gasteiger partial charge in [0.2, 0.25) is 0 Å². The van der Waals surface area contributed by atoms with Crippen molar-refractivity contribution in [1.82, 2.24) is 4.98 Å². The number of hydrogen-bond acceptors (Lipinski definition) is 5. The van der Waals surface area contributed by atoms with Crippen LogP contribution in [0.2, 0.25) is 5.02 Å². The van der Waals surface area contributed by atoms with Crippen LogP contribution in [0.25, 0.3) is 0 Å². The molecule has 2 aliphatic heterocycles. The van der Waals surface area contributed by atoms with Crippen LogP contribution in [0.5, 0.6) is 0 Å². The van der Waals surface area contributed by atoms with Gasteiger partial charge in [-0.3, -0.25) is 0 Å². The number of aromatic nitrogens is 1. The summed E-state index contributed by atoms with van der Waals surface area (Å²) in [5, 5.41) is 3.65. The zero-order chi connectivity index (χ0) is 12.0. The summed E-state index contributed by atoms with van der Waals surface area (Å²) in [4.78, 5) is 18.0. The minimum atomic E-state index is -0.507. The number of ether oxygens (including phenoxy) is 1. The van der Waals surface area contributed by atoms with Gasteiger partial charge in [-0.2, -0.15) is 0 Å². The van der Waals surface area contributed by atoms with Crippen LogP contribution in [0, 0.1) is 0 Å². The summed E-state index contributed by atoms with van der Waals surface area (Å²) in [6.45, 7) is 1.98. The fraction of sp³-hybridized carbons (Fsp3) is 0.455. The van der Waals surface area contributed by atoms with Gasteiger partial charge in [-0.15, -0.1) is 0 Å². The Kier molecular flexibility index (Phi) is 2.36. The molecule has 3 heterocycles. The van der Waals surface area contributed by atoms with E-state index < -0.39 is 5.97 Å². The number of nitrogens with zero attached hydrogens (tertiary/aromatic N) is 2. The first-order valence-corrected chi connectivity index (χ1v) is 5.87. The second-order valence-electron chi connectivity index (χ2n) is 4.25. The average Bonchev–Trinajstić information content (AvgIpc) is 2.72. The highest BCUT2D eigenvalue weighted by Crippen LogP contribution is 2.36. The summed E-state index contributed by atoms with van der Waals surface area (Å²) in [5.74, 6) is 0.219. The van der Waals surface area contributed by atoms with Gasteiger partial charge in [0.1, 0.15) is 0 Å². The van der Waals surface area contributed by atoms with E-state index in [1.807, 2.05) is 0 Å². The van der Waals surface area contributed by atoms with E-state index in [1.54, 1.807) is 6.07 Å². The van der Waals surface area contributed by atoms with Crippen molar-refractivity contribution < 1.29 is 9.53 Å². The van der Waals surface area contributed by atoms with Gasteiger partial charge in [0.25, 0.3) is 0 Å². The largest absolute Gasteiger partial charge is 0.464 e. The molecule has 17 heavy (non-hydrogen) atoms. The number of pyridine rings is 1. The second-order valence-corrected chi connectivity index (χ2v) is 4.66. The molecule has 90 valence electrons. The first-order valence-electron chi connectivity index (χ1n) is 5.49. The van der Waals surface area contributed by atoms with Crippen LogP contribution in [0.4, 0.5) is 11.5 Å². The van der Waals surface area contributed by atoms with Crippen LogP contribution in [-0.4, -0.2) is 37.2 Å². The van der Waals surface area contributed by atoms with Crippen molar-refractivity contribution in [2.24, 2.45) is 0 Å².